The maximum absolute atomic E-state index is 12.2. The minimum absolute atomic E-state index is 0.165. The van der Waals surface area contributed by atoms with Gasteiger partial charge in [0.05, 0.1) is 0 Å². The third kappa shape index (κ3) is 5.71. The second-order valence-corrected chi connectivity index (χ2v) is 6.69. The average Bonchev–Trinajstić information content (AvgIpc) is 2.56. The van der Waals surface area contributed by atoms with E-state index in [9.17, 15) is 9.59 Å². The van der Waals surface area contributed by atoms with Crippen molar-refractivity contribution in [3.8, 4) is 5.75 Å². The summed E-state index contributed by atoms with van der Waals surface area (Å²) in [6.07, 6.45) is 3.60. The standard InChI is InChI=1S/C18H24ClNO4/c1-12-5-3-4-6-16(12)20-18(22)13(2)24-17(21)11-23-15-9-7-14(19)8-10-15/h7-10,12-13,16H,3-6,11H2,1-2H3,(H,20,22)/t12-,13+,16-/m0/s1. The van der Waals surface area contributed by atoms with Crippen molar-refractivity contribution in [2.24, 2.45) is 5.92 Å². The highest BCUT2D eigenvalue weighted by Crippen LogP contribution is 2.23. The second kappa shape index (κ2) is 8.92. The van der Waals surface area contributed by atoms with E-state index in [-0.39, 0.29) is 18.6 Å². The zero-order valence-corrected chi connectivity index (χ0v) is 14.8. The van der Waals surface area contributed by atoms with Gasteiger partial charge in [0.1, 0.15) is 5.75 Å². The van der Waals surface area contributed by atoms with Crippen molar-refractivity contribution in [1.29, 1.82) is 0 Å². The number of carbonyl (C=O) groups excluding carboxylic acids is 2. The van der Waals surface area contributed by atoms with Crippen molar-refractivity contribution in [2.75, 3.05) is 6.61 Å². The summed E-state index contributed by atoms with van der Waals surface area (Å²) >= 11 is 5.78. The molecule has 1 aromatic carbocycles. The molecule has 1 aliphatic carbocycles. The summed E-state index contributed by atoms with van der Waals surface area (Å²) in [5.74, 6) is 0.140. The van der Waals surface area contributed by atoms with Crippen molar-refractivity contribution in [3.05, 3.63) is 29.3 Å². The normalized spacial score (nSPS) is 21.6. The number of benzene rings is 1. The molecule has 2 rings (SSSR count). The second-order valence-electron chi connectivity index (χ2n) is 6.25. The van der Waals surface area contributed by atoms with E-state index in [4.69, 9.17) is 21.1 Å². The van der Waals surface area contributed by atoms with Gasteiger partial charge in [-0.3, -0.25) is 4.79 Å². The van der Waals surface area contributed by atoms with Crippen molar-refractivity contribution in [3.63, 3.8) is 0 Å². The Labute approximate surface area is 147 Å². The van der Waals surface area contributed by atoms with Crippen LogP contribution >= 0.6 is 11.6 Å². The number of amides is 1. The largest absolute Gasteiger partial charge is 0.482 e. The van der Waals surface area contributed by atoms with E-state index in [1.54, 1.807) is 31.2 Å². The molecule has 0 spiro atoms. The first-order chi connectivity index (χ1) is 11.5. The number of hydrogen-bond donors (Lipinski definition) is 1. The Morgan fingerprint density at radius 3 is 2.58 bits per heavy atom. The quantitative estimate of drug-likeness (QED) is 0.796. The summed E-state index contributed by atoms with van der Waals surface area (Å²) in [6, 6.07) is 6.83. The molecule has 5 nitrogen and oxygen atoms in total. The highest BCUT2D eigenvalue weighted by Gasteiger charge is 2.26. The Morgan fingerprint density at radius 2 is 1.92 bits per heavy atom. The molecule has 3 atom stereocenters. The molecule has 1 saturated carbocycles. The molecule has 1 aliphatic rings. The maximum Gasteiger partial charge on any atom is 0.344 e. The van der Waals surface area contributed by atoms with Crippen molar-refractivity contribution < 1.29 is 19.1 Å². The average molecular weight is 354 g/mol. The number of nitrogens with one attached hydrogen (secondary N) is 1. The highest BCUT2D eigenvalue weighted by molar-refractivity contribution is 6.30. The third-order valence-corrected chi connectivity index (χ3v) is 4.54. The molecule has 0 heterocycles. The van der Waals surface area contributed by atoms with E-state index in [2.05, 4.69) is 12.2 Å². The van der Waals surface area contributed by atoms with Gasteiger partial charge < -0.3 is 14.8 Å². The lowest BCUT2D eigenvalue weighted by atomic mass is 9.86. The molecular formula is C18H24ClNO4. The molecule has 0 bridgehead atoms. The first-order valence-corrected chi connectivity index (χ1v) is 8.71. The lowest BCUT2D eigenvalue weighted by Gasteiger charge is -2.30. The van der Waals surface area contributed by atoms with E-state index in [1.165, 1.54) is 6.42 Å². The lowest BCUT2D eigenvalue weighted by Crippen LogP contribution is -2.46. The van der Waals surface area contributed by atoms with Crippen molar-refractivity contribution in [2.45, 2.75) is 51.7 Å². The van der Waals surface area contributed by atoms with E-state index in [0.717, 1.165) is 19.3 Å². The maximum atomic E-state index is 12.2. The van der Waals surface area contributed by atoms with Crippen LogP contribution in [0.1, 0.15) is 39.5 Å². The molecule has 24 heavy (non-hydrogen) atoms. The predicted octanol–water partition coefficient (Wildman–Crippen LogP) is 3.35. The Bertz CT molecular complexity index is 561. The van der Waals surface area contributed by atoms with Crippen LogP contribution in [0.5, 0.6) is 5.75 Å². The van der Waals surface area contributed by atoms with Crippen LogP contribution in [0.3, 0.4) is 0 Å². The monoisotopic (exact) mass is 353 g/mol. The smallest absolute Gasteiger partial charge is 0.344 e. The molecular weight excluding hydrogens is 330 g/mol. The minimum atomic E-state index is -0.833. The lowest BCUT2D eigenvalue weighted by molar-refractivity contribution is -0.157. The molecule has 1 amide bonds. The Kier molecular flexibility index (Phi) is 6.91. The number of halogens is 1. The van der Waals surface area contributed by atoms with Gasteiger partial charge in [0.15, 0.2) is 12.7 Å². The fraction of sp³-hybridized carbons (Fsp3) is 0.556. The van der Waals surface area contributed by atoms with Crippen molar-refractivity contribution in [1.82, 2.24) is 5.32 Å². The fourth-order valence-corrected chi connectivity index (χ4v) is 2.91. The van der Waals surface area contributed by atoms with Crippen LogP contribution in [-0.4, -0.2) is 30.6 Å². The van der Waals surface area contributed by atoms with E-state index in [0.29, 0.717) is 16.7 Å². The first kappa shape index (κ1) is 18.6. The third-order valence-electron chi connectivity index (χ3n) is 4.29. The predicted molar refractivity (Wildman–Crippen MR) is 92.1 cm³/mol. The molecule has 0 radical (unpaired) electrons. The van der Waals surface area contributed by atoms with Crippen LogP contribution in [0.4, 0.5) is 0 Å². The number of esters is 1. The topological polar surface area (TPSA) is 64.6 Å². The van der Waals surface area contributed by atoms with Crippen LogP contribution in [0.15, 0.2) is 24.3 Å². The van der Waals surface area contributed by atoms with Gasteiger partial charge in [-0.2, -0.15) is 0 Å². The molecule has 0 unspecified atom stereocenters. The molecule has 0 saturated heterocycles. The minimum Gasteiger partial charge on any atom is -0.482 e. The molecule has 6 heteroatoms. The summed E-state index contributed by atoms with van der Waals surface area (Å²) in [6.45, 7) is 3.46. The zero-order chi connectivity index (χ0) is 17.5. The van der Waals surface area contributed by atoms with Gasteiger partial charge in [-0.25, -0.2) is 4.79 Å². The van der Waals surface area contributed by atoms with Crippen LogP contribution in [-0.2, 0) is 14.3 Å². The molecule has 0 aromatic heterocycles. The van der Waals surface area contributed by atoms with Crippen LogP contribution < -0.4 is 10.1 Å². The Balaban J connectivity index is 1.73. The summed E-state index contributed by atoms with van der Waals surface area (Å²) in [4.78, 5) is 24.0. The van der Waals surface area contributed by atoms with E-state index < -0.39 is 12.1 Å². The number of hydrogen-bond acceptors (Lipinski definition) is 4. The SMILES string of the molecule is C[C@@H](OC(=O)COc1ccc(Cl)cc1)C(=O)N[C@H]1CCCC[C@@H]1C. The van der Waals surface area contributed by atoms with Crippen molar-refractivity contribution >= 4 is 23.5 Å². The molecule has 1 N–H and O–H groups in total. The summed E-state index contributed by atoms with van der Waals surface area (Å²) < 4.78 is 10.4. The van der Waals surface area contributed by atoms with Gasteiger partial charge in [-0.05, 0) is 49.9 Å². The van der Waals surface area contributed by atoms with Crippen LogP contribution in [0.25, 0.3) is 0 Å². The Morgan fingerprint density at radius 1 is 1.25 bits per heavy atom. The Hall–Kier alpha value is -1.75. The number of carbonyl (C=O) groups is 2. The molecule has 0 aliphatic heterocycles. The summed E-state index contributed by atoms with van der Waals surface area (Å²) in [7, 11) is 0. The van der Waals surface area contributed by atoms with Gasteiger partial charge in [-0.1, -0.05) is 31.4 Å². The number of ether oxygens (including phenoxy) is 2. The van der Waals surface area contributed by atoms with E-state index in [1.807, 2.05) is 0 Å². The molecule has 1 aromatic rings. The first-order valence-electron chi connectivity index (χ1n) is 8.34. The van der Waals surface area contributed by atoms with Gasteiger partial charge in [0.2, 0.25) is 0 Å². The molecule has 132 valence electrons. The molecule has 1 fully saturated rings. The van der Waals surface area contributed by atoms with E-state index >= 15 is 0 Å². The zero-order valence-electron chi connectivity index (χ0n) is 14.1. The van der Waals surface area contributed by atoms with Gasteiger partial charge in [0, 0.05) is 11.1 Å². The van der Waals surface area contributed by atoms with Crippen LogP contribution in [0.2, 0.25) is 5.02 Å². The summed E-state index contributed by atoms with van der Waals surface area (Å²) in [5.41, 5.74) is 0. The van der Waals surface area contributed by atoms with Crippen LogP contribution in [0, 0.1) is 5.92 Å². The van der Waals surface area contributed by atoms with Gasteiger partial charge >= 0.3 is 5.97 Å². The van der Waals surface area contributed by atoms with Gasteiger partial charge in [-0.15, -0.1) is 0 Å². The van der Waals surface area contributed by atoms with Gasteiger partial charge in [0.25, 0.3) is 5.91 Å². The number of rotatable bonds is 6. The summed E-state index contributed by atoms with van der Waals surface area (Å²) in [5, 5.41) is 3.57. The highest BCUT2D eigenvalue weighted by atomic mass is 35.5. The fourth-order valence-electron chi connectivity index (χ4n) is 2.79.